The lowest BCUT2D eigenvalue weighted by molar-refractivity contribution is 0.133. The first kappa shape index (κ1) is 14.4. The van der Waals surface area contributed by atoms with E-state index < -0.39 is 0 Å². The molecule has 3 aliphatic rings. The summed E-state index contributed by atoms with van der Waals surface area (Å²) in [5, 5.41) is 2.71. The van der Waals surface area contributed by atoms with Crippen LogP contribution in [-0.2, 0) is 0 Å². The molecule has 2 bridgehead atoms. The minimum atomic E-state index is -0.122. The first-order valence-electron chi connectivity index (χ1n) is 8.32. The van der Waals surface area contributed by atoms with Gasteiger partial charge in [-0.25, -0.2) is 4.79 Å². The van der Waals surface area contributed by atoms with Crippen molar-refractivity contribution < 1.29 is 14.3 Å². The van der Waals surface area contributed by atoms with Crippen molar-refractivity contribution in [2.24, 2.45) is 11.8 Å². The van der Waals surface area contributed by atoms with Crippen molar-refractivity contribution in [1.29, 1.82) is 0 Å². The van der Waals surface area contributed by atoms with E-state index in [0.717, 1.165) is 29.5 Å². The summed E-state index contributed by atoms with van der Waals surface area (Å²) >= 11 is 0. The molecule has 1 aliphatic heterocycles. The van der Waals surface area contributed by atoms with Crippen molar-refractivity contribution >= 4 is 11.7 Å². The average molecular weight is 314 g/mol. The van der Waals surface area contributed by atoms with Crippen molar-refractivity contribution in [3.05, 3.63) is 30.5 Å². The van der Waals surface area contributed by atoms with E-state index in [-0.39, 0.29) is 12.1 Å². The minimum absolute atomic E-state index is 0.122. The third-order valence-electron chi connectivity index (χ3n) is 5.27. The number of amides is 2. The van der Waals surface area contributed by atoms with Gasteiger partial charge in [0, 0.05) is 24.5 Å². The van der Waals surface area contributed by atoms with Crippen LogP contribution in [0.2, 0.25) is 0 Å². The van der Waals surface area contributed by atoms with Crippen molar-refractivity contribution in [2.45, 2.75) is 31.8 Å². The van der Waals surface area contributed by atoms with Gasteiger partial charge < -0.3 is 14.8 Å². The maximum absolute atomic E-state index is 12.0. The molecule has 1 N–H and O–H groups in total. The Morgan fingerprint density at radius 2 is 2.13 bits per heavy atom. The molecular weight excluding hydrogens is 292 g/mol. The zero-order valence-corrected chi connectivity index (χ0v) is 13.3. The van der Waals surface area contributed by atoms with E-state index in [1.165, 1.54) is 19.3 Å². The van der Waals surface area contributed by atoms with Gasteiger partial charge in [0.15, 0.2) is 11.5 Å². The molecule has 1 aromatic carbocycles. The summed E-state index contributed by atoms with van der Waals surface area (Å²) in [6, 6.07) is 5.57. The number of ether oxygens (including phenoxy) is 2. The van der Waals surface area contributed by atoms with Crippen LogP contribution in [0.4, 0.5) is 10.5 Å². The summed E-state index contributed by atoms with van der Waals surface area (Å²) in [4.78, 5) is 13.7. The fourth-order valence-electron chi connectivity index (χ4n) is 4.09. The van der Waals surface area contributed by atoms with Crippen molar-refractivity contribution in [3.63, 3.8) is 0 Å². The quantitative estimate of drug-likeness (QED) is 0.927. The Morgan fingerprint density at radius 1 is 1.22 bits per heavy atom. The average Bonchev–Trinajstić information content (AvgIpc) is 3.18. The molecule has 1 aromatic rings. The Bertz CT molecular complexity index is 643. The number of benzene rings is 1. The fraction of sp³-hybridized carbons (Fsp3) is 0.500. The number of hydrogen-bond donors (Lipinski definition) is 1. The van der Waals surface area contributed by atoms with E-state index in [0.29, 0.717) is 12.5 Å². The summed E-state index contributed by atoms with van der Waals surface area (Å²) in [5.74, 6) is 2.97. The predicted octanol–water partition coefficient (Wildman–Crippen LogP) is 3.31. The molecule has 4 rings (SSSR count). The molecule has 0 aromatic heterocycles. The molecule has 0 saturated heterocycles. The summed E-state index contributed by atoms with van der Waals surface area (Å²) in [5.41, 5.74) is 0.825. The van der Waals surface area contributed by atoms with Crippen LogP contribution in [0.1, 0.15) is 25.7 Å². The Hall–Kier alpha value is -2.17. The second-order valence-corrected chi connectivity index (χ2v) is 6.63. The monoisotopic (exact) mass is 314 g/mol. The number of nitrogens with zero attached hydrogens (tertiary/aromatic N) is 1. The molecule has 2 saturated carbocycles. The van der Waals surface area contributed by atoms with Gasteiger partial charge in [-0.2, -0.15) is 0 Å². The van der Waals surface area contributed by atoms with Crippen molar-refractivity contribution in [3.8, 4) is 11.5 Å². The normalized spacial score (nSPS) is 28.8. The van der Waals surface area contributed by atoms with E-state index in [9.17, 15) is 4.79 Å². The smallest absolute Gasteiger partial charge is 0.326 e. The largest absolute Gasteiger partial charge is 0.493 e. The van der Waals surface area contributed by atoms with E-state index >= 15 is 0 Å². The lowest BCUT2D eigenvalue weighted by Gasteiger charge is -2.27. The van der Waals surface area contributed by atoms with Crippen LogP contribution in [0.15, 0.2) is 30.5 Å². The molecule has 2 aliphatic carbocycles. The van der Waals surface area contributed by atoms with Crippen LogP contribution in [0, 0.1) is 11.8 Å². The van der Waals surface area contributed by atoms with E-state index in [2.05, 4.69) is 5.32 Å². The SMILES string of the molecule is COc1ccc(N2CC=CNC2=O)cc1O[C@H]1CC2CCC1C2. The molecule has 2 fully saturated rings. The van der Waals surface area contributed by atoms with Crippen LogP contribution < -0.4 is 19.7 Å². The highest BCUT2D eigenvalue weighted by Gasteiger charge is 2.41. The number of carbonyl (C=O) groups excluding carboxylic acids is 1. The Morgan fingerprint density at radius 3 is 2.83 bits per heavy atom. The molecule has 0 radical (unpaired) electrons. The molecule has 5 heteroatoms. The van der Waals surface area contributed by atoms with Gasteiger partial charge in [0.05, 0.1) is 7.11 Å². The summed E-state index contributed by atoms with van der Waals surface area (Å²) < 4.78 is 11.7. The number of hydrogen-bond acceptors (Lipinski definition) is 3. The molecule has 2 amide bonds. The number of nitrogens with one attached hydrogen (secondary N) is 1. The minimum Gasteiger partial charge on any atom is -0.493 e. The van der Waals surface area contributed by atoms with Crippen LogP contribution in [0.5, 0.6) is 11.5 Å². The number of urea groups is 1. The van der Waals surface area contributed by atoms with Gasteiger partial charge in [-0.1, -0.05) is 0 Å². The number of methoxy groups -OCH3 is 1. The van der Waals surface area contributed by atoms with E-state index in [1.54, 1.807) is 18.2 Å². The van der Waals surface area contributed by atoms with Crippen LogP contribution in [-0.4, -0.2) is 25.8 Å². The number of carbonyl (C=O) groups is 1. The molecular formula is C18H22N2O3. The Balaban J connectivity index is 1.58. The van der Waals surface area contributed by atoms with Gasteiger partial charge >= 0.3 is 6.03 Å². The molecule has 23 heavy (non-hydrogen) atoms. The first-order valence-corrected chi connectivity index (χ1v) is 8.32. The fourth-order valence-corrected chi connectivity index (χ4v) is 4.09. The van der Waals surface area contributed by atoms with Crippen molar-refractivity contribution in [1.82, 2.24) is 5.32 Å². The zero-order chi connectivity index (χ0) is 15.8. The van der Waals surface area contributed by atoms with Crippen LogP contribution in [0.3, 0.4) is 0 Å². The molecule has 3 atom stereocenters. The third-order valence-corrected chi connectivity index (χ3v) is 5.27. The predicted molar refractivity (Wildman–Crippen MR) is 87.9 cm³/mol. The highest BCUT2D eigenvalue weighted by Crippen LogP contribution is 2.47. The summed E-state index contributed by atoms with van der Waals surface area (Å²) in [6.45, 7) is 0.561. The summed E-state index contributed by atoms with van der Waals surface area (Å²) in [6.07, 6.45) is 8.94. The van der Waals surface area contributed by atoms with Gasteiger partial charge in [0.2, 0.25) is 0 Å². The van der Waals surface area contributed by atoms with Gasteiger partial charge in [0.1, 0.15) is 6.10 Å². The lowest BCUT2D eigenvalue weighted by Crippen LogP contribution is -2.40. The zero-order valence-electron chi connectivity index (χ0n) is 13.3. The maximum Gasteiger partial charge on any atom is 0.326 e. The van der Waals surface area contributed by atoms with E-state index in [4.69, 9.17) is 9.47 Å². The molecule has 122 valence electrons. The molecule has 2 unspecified atom stereocenters. The number of rotatable bonds is 4. The van der Waals surface area contributed by atoms with Crippen molar-refractivity contribution in [2.75, 3.05) is 18.6 Å². The van der Waals surface area contributed by atoms with E-state index in [1.807, 2.05) is 24.3 Å². The second-order valence-electron chi connectivity index (χ2n) is 6.63. The van der Waals surface area contributed by atoms with Gasteiger partial charge in [-0.05, 0) is 55.7 Å². The first-order chi connectivity index (χ1) is 11.2. The lowest BCUT2D eigenvalue weighted by atomic mass is 9.98. The standard InChI is InChI=1S/C18H22N2O3/c1-22-15-6-5-14(20-8-2-7-19-18(20)21)11-17(15)23-16-10-12-3-4-13(16)9-12/h2,5-7,11-13,16H,3-4,8-10H2,1H3,(H,19,21)/t12?,13?,16-/m0/s1. The molecule has 0 spiro atoms. The highest BCUT2D eigenvalue weighted by molar-refractivity contribution is 5.94. The Labute approximate surface area is 136 Å². The molecule has 1 heterocycles. The van der Waals surface area contributed by atoms with Gasteiger partial charge in [0.25, 0.3) is 0 Å². The highest BCUT2D eigenvalue weighted by atomic mass is 16.5. The maximum atomic E-state index is 12.0. The van der Waals surface area contributed by atoms with Crippen LogP contribution >= 0.6 is 0 Å². The summed E-state index contributed by atoms with van der Waals surface area (Å²) in [7, 11) is 1.65. The third kappa shape index (κ3) is 2.64. The van der Waals surface area contributed by atoms with Gasteiger partial charge in [-0.15, -0.1) is 0 Å². The van der Waals surface area contributed by atoms with Gasteiger partial charge in [-0.3, -0.25) is 4.90 Å². The number of anilines is 1. The second kappa shape index (κ2) is 5.80. The topological polar surface area (TPSA) is 50.8 Å². The van der Waals surface area contributed by atoms with Crippen LogP contribution in [0.25, 0.3) is 0 Å². The molecule has 5 nitrogen and oxygen atoms in total. The Kier molecular flexibility index (Phi) is 3.63. The number of fused-ring (bicyclic) bond motifs is 2.